The molecule has 0 unspecified atom stereocenters. The molecule has 0 saturated carbocycles. The largest absolute Gasteiger partial charge is 0.416 e. The van der Waals surface area contributed by atoms with Crippen LogP contribution in [0.2, 0.25) is 0 Å². The maximum absolute atomic E-state index is 12.9. The monoisotopic (exact) mass is 291 g/mol. The fourth-order valence-electron chi connectivity index (χ4n) is 1.75. The summed E-state index contributed by atoms with van der Waals surface area (Å²) in [5.74, 6) is 0.531. The number of nitrogens with one attached hydrogen (secondary N) is 1. The summed E-state index contributed by atoms with van der Waals surface area (Å²) in [5.41, 5.74) is -0.700. The Hall–Kier alpha value is -1.50. The average molecular weight is 291 g/mol. The van der Waals surface area contributed by atoms with Gasteiger partial charge in [0.25, 0.3) is 0 Å². The van der Waals surface area contributed by atoms with Gasteiger partial charge in [-0.15, -0.1) is 0 Å². The molecule has 0 aliphatic carbocycles. The van der Waals surface area contributed by atoms with E-state index in [1.807, 2.05) is 13.8 Å². The van der Waals surface area contributed by atoms with Crippen molar-refractivity contribution in [2.24, 2.45) is 0 Å². The molecule has 0 aliphatic heterocycles. The molecule has 1 aromatic heterocycles. The van der Waals surface area contributed by atoms with Crippen LogP contribution in [-0.2, 0) is 10.9 Å². The van der Waals surface area contributed by atoms with Crippen molar-refractivity contribution < 1.29 is 17.9 Å². The number of halogens is 3. The van der Waals surface area contributed by atoms with Gasteiger partial charge < -0.3 is 15.0 Å². The number of alkyl halides is 3. The van der Waals surface area contributed by atoms with E-state index in [0.29, 0.717) is 32.1 Å². The van der Waals surface area contributed by atoms with Crippen LogP contribution >= 0.6 is 0 Å². The summed E-state index contributed by atoms with van der Waals surface area (Å²) in [6, 6.07) is 2.09. The molecule has 0 amide bonds. The van der Waals surface area contributed by atoms with Crippen molar-refractivity contribution in [1.29, 1.82) is 0 Å². The van der Waals surface area contributed by atoms with Gasteiger partial charge in [-0.25, -0.2) is 4.98 Å². The molecule has 7 heteroatoms. The van der Waals surface area contributed by atoms with E-state index in [0.717, 1.165) is 12.1 Å². The van der Waals surface area contributed by atoms with Crippen LogP contribution in [0.4, 0.5) is 24.8 Å². The number of nitrogens with zero attached hydrogens (tertiary/aromatic N) is 2. The molecule has 0 bridgehead atoms. The molecule has 4 nitrogen and oxygen atoms in total. The van der Waals surface area contributed by atoms with Crippen LogP contribution in [0.15, 0.2) is 12.1 Å². The quantitative estimate of drug-likeness (QED) is 0.838. The summed E-state index contributed by atoms with van der Waals surface area (Å²) >= 11 is 0. The van der Waals surface area contributed by atoms with Gasteiger partial charge in [0.1, 0.15) is 11.6 Å². The van der Waals surface area contributed by atoms with Crippen molar-refractivity contribution in [1.82, 2.24) is 4.98 Å². The molecule has 0 atom stereocenters. The number of aromatic nitrogens is 1. The second kappa shape index (κ2) is 7.33. The normalized spacial score (nSPS) is 11.5. The molecule has 1 heterocycles. The molecule has 0 radical (unpaired) electrons. The van der Waals surface area contributed by atoms with Gasteiger partial charge in [0.2, 0.25) is 0 Å². The van der Waals surface area contributed by atoms with Crippen molar-refractivity contribution in [3.63, 3.8) is 0 Å². The molecule has 1 rings (SSSR count). The van der Waals surface area contributed by atoms with E-state index in [1.165, 1.54) is 0 Å². The first-order valence-corrected chi connectivity index (χ1v) is 6.49. The second-order valence-electron chi connectivity index (χ2n) is 4.20. The minimum atomic E-state index is -4.39. The molecular formula is C13H20F3N3O. The number of methoxy groups -OCH3 is 1. The van der Waals surface area contributed by atoms with Gasteiger partial charge in [0.05, 0.1) is 12.2 Å². The lowest BCUT2D eigenvalue weighted by molar-refractivity contribution is -0.137. The molecule has 114 valence electrons. The maximum atomic E-state index is 12.9. The Kier molecular flexibility index (Phi) is 6.06. The van der Waals surface area contributed by atoms with E-state index in [1.54, 1.807) is 12.0 Å². The summed E-state index contributed by atoms with van der Waals surface area (Å²) < 4.78 is 43.7. The lowest BCUT2D eigenvalue weighted by Gasteiger charge is -2.23. The Morgan fingerprint density at radius 2 is 2.00 bits per heavy atom. The van der Waals surface area contributed by atoms with Crippen molar-refractivity contribution in [2.45, 2.75) is 20.0 Å². The van der Waals surface area contributed by atoms with Gasteiger partial charge in [0, 0.05) is 26.7 Å². The summed E-state index contributed by atoms with van der Waals surface area (Å²) in [6.07, 6.45) is -4.39. The molecule has 0 aliphatic rings. The van der Waals surface area contributed by atoms with Gasteiger partial charge in [-0.3, -0.25) is 0 Å². The number of likely N-dealkylation sites (N-methyl/N-ethyl adjacent to an activating group) is 1. The van der Waals surface area contributed by atoms with E-state index in [9.17, 15) is 13.2 Å². The molecule has 0 spiro atoms. The highest BCUT2D eigenvalue weighted by molar-refractivity contribution is 5.51. The average Bonchev–Trinajstić information content (AvgIpc) is 2.39. The molecular weight excluding hydrogens is 271 g/mol. The van der Waals surface area contributed by atoms with Crippen LogP contribution in [0.1, 0.15) is 19.4 Å². The van der Waals surface area contributed by atoms with Crippen molar-refractivity contribution in [3.8, 4) is 0 Å². The minimum Gasteiger partial charge on any atom is -0.383 e. The first-order valence-electron chi connectivity index (χ1n) is 6.49. The van der Waals surface area contributed by atoms with Gasteiger partial charge in [-0.05, 0) is 26.0 Å². The van der Waals surface area contributed by atoms with Gasteiger partial charge in [-0.2, -0.15) is 13.2 Å². The smallest absolute Gasteiger partial charge is 0.383 e. The second-order valence-corrected chi connectivity index (χ2v) is 4.20. The molecule has 1 N–H and O–H groups in total. The van der Waals surface area contributed by atoms with E-state index in [2.05, 4.69) is 10.3 Å². The first kappa shape index (κ1) is 16.6. The summed E-state index contributed by atoms with van der Waals surface area (Å²) in [4.78, 5) is 5.97. The molecule has 0 saturated heterocycles. The SMILES string of the molecule is CCNc1cc(C(F)(F)F)cc(N(CC)CCOC)n1. The predicted octanol–water partition coefficient (Wildman–Crippen LogP) is 3.00. The van der Waals surface area contributed by atoms with Crippen LogP contribution in [0.5, 0.6) is 0 Å². The van der Waals surface area contributed by atoms with Crippen LogP contribution in [-0.4, -0.2) is 38.3 Å². The van der Waals surface area contributed by atoms with Crippen LogP contribution in [0, 0.1) is 0 Å². The van der Waals surface area contributed by atoms with Crippen LogP contribution in [0.3, 0.4) is 0 Å². The topological polar surface area (TPSA) is 37.4 Å². The molecule has 1 aromatic rings. The van der Waals surface area contributed by atoms with Gasteiger partial charge in [-0.1, -0.05) is 0 Å². The third kappa shape index (κ3) is 4.56. The zero-order chi connectivity index (χ0) is 15.2. The highest BCUT2D eigenvalue weighted by Gasteiger charge is 2.32. The van der Waals surface area contributed by atoms with Crippen LogP contribution < -0.4 is 10.2 Å². The zero-order valence-electron chi connectivity index (χ0n) is 11.9. The number of hydrogen-bond donors (Lipinski definition) is 1. The van der Waals surface area contributed by atoms with E-state index in [-0.39, 0.29) is 5.82 Å². The maximum Gasteiger partial charge on any atom is 0.416 e. The summed E-state index contributed by atoms with van der Waals surface area (Å²) in [6.45, 7) is 5.67. The summed E-state index contributed by atoms with van der Waals surface area (Å²) in [7, 11) is 1.55. The van der Waals surface area contributed by atoms with Crippen molar-refractivity contribution in [3.05, 3.63) is 17.7 Å². The van der Waals surface area contributed by atoms with E-state index >= 15 is 0 Å². The highest BCUT2D eigenvalue weighted by Crippen LogP contribution is 2.32. The highest BCUT2D eigenvalue weighted by atomic mass is 19.4. The van der Waals surface area contributed by atoms with E-state index in [4.69, 9.17) is 4.74 Å². The Morgan fingerprint density at radius 3 is 2.50 bits per heavy atom. The summed E-state index contributed by atoms with van der Waals surface area (Å²) in [5, 5.41) is 2.83. The molecule has 0 aromatic carbocycles. The lowest BCUT2D eigenvalue weighted by atomic mass is 10.2. The fraction of sp³-hybridized carbons (Fsp3) is 0.615. The zero-order valence-corrected chi connectivity index (χ0v) is 11.9. The predicted molar refractivity (Wildman–Crippen MR) is 73.2 cm³/mol. The molecule has 0 fully saturated rings. The minimum absolute atomic E-state index is 0.230. The van der Waals surface area contributed by atoms with Crippen molar-refractivity contribution >= 4 is 11.6 Å². The molecule has 20 heavy (non-hydrogen) atoms. The Labute approximate surface area is 116 Å². The van der Waals surface area contributed by atoms with E-state index < -0.39 is 11.7 Å². The van der Waals surface area contributed by atoms with Crippen molar-refractivity contribution in [2.75, 3.05) is 43.6 Å². The third-order valence-electron chi connectivity index (χ3n) is 2.77. The number of rotatable bonds is 7. The van der Waals surface area contributed by atoms with Gasteiger partial charge in [0.15, 0.2) is 0 Å². The van der Waals surface area contributed by atoms with Gasteiger partial charge >= 0.3 is 6.18 Å². The first-order chi connectivity index (χ1) is 9.42. The number of pyridine rings is 1. The Morgan fingerprint density at radius 1 is 1.30 bits per heavy atom. The fourth-order valence-corrected chi connectivity index (χ4v) is 1.75. The number of hydrogen-bond acceptors (Lipinski definition) is 4. The van der Waals surface area contributed by atoms with Crippen LogP contribution in [0.25, 0.3) is 0 Å². The standard InChI is InChI=1S/C13H20F3N3O/c1-4-17-11-8-10(13(14,15)16)9-12(18-11)19(5-2)6-7-20-3/h8-9H,4-7H2,1-3H3,(H,17,18). The Balaban J connectivity index is 3.12. The Bertz CT molecular complexity index is 424. The third-order valence-corrected chi connectivity index (χ3v) is 2.77. The number of anilines is 2. The lowest BCUT2D eigenvalue weighted by Crippen LogP contribution is -2.28. The number of ether oxygens (including phenoxy) is 1.